The highest BCUT2D eigenvalue weighted by atomic mass is 35.5. The molecule has 5 heteroatoms. The average Bonchev–Trinajstić information content (AvgIpc) is 2.87. The van der Waals surface area contributed by atoms with Crippen LogP contribution in [0.15, 0.2) is 24.3 Å². The Balaban J connectivity index is 1.76. The molecule has 1 N–H and O–H groups in total. The fourth-order valence-corrected chi connectivity index (χ4v) is 2.48. The Kier molecular flexibility index (Phi) is 3.34. The van der Waals surface area contributed by atoms with Crippen molar-refractivity contribution in [3.8, 4) is 11.5 Å². The van der Waals surface area contributed by atoms with Gasteiger partial charge >= 0.3 is 0 Å². The number of nitrogens with one attached hydrogen (secondary N) is 1. The van der Waals surface area contributed by atoms with E-state index in [0.717, 1.165) is 19.3 Å². The molecule has 4 nitrogen and oxygen atoms in total. The molecule has 19 heavy (non-hydrogen) atoms. The standard InChI is InChI=1S/C14H14ClNO3/c15-10-6-12-13(19-8-18-12)7-11(10)16-14(17)9-4-2-1-3-5-9/h1-2,6-7,9H,3-5,8H2,(H,16,17). The van der Waals surface area contributed by atoms with Crippen molar-refractivity contribution in [3.63, 3.8) is 0 Å². The first kappa shape index (κ1) is 12.4. The van der Waals surface area contributed by atoms with Crippen molar-refractivity contribution in [2.24, 2.45) is 5.92 Å². The van der Waals surface area contributed by atoms with Crippen molar-refractivity contribution in [1.82, 2.24) is 0 Å². The number of hydrogen-bond acceptors (Lipinski definition) is 3. The number of hydrogen-bond donors (Lipinski definition) is 1. The van der Waals surface area contributed by atoms with E-state index in [9.17, 15) is 4.79 Å². The van der Waals surface area contributed by atoms with E-state index in [4.69, 9.17) is 21.1 Å². The fourth-order valence-electron chi connectivity index (χ4n) is 2.28. The maximum absolute atomic E-state index is 12.1. The zero-order valence-corrected chi connectivity index (χ0v) is 11.1. The summed E-state index contributed by atoms with van der Waals surface area (Å²) in [7, 11) is 0. The van der Waals surface area contributed by atoms with E-state index in [2.05, 4.69) is 17.5 Å². The molecule has 1 aliphatic carbocycles. The van der Waals surface area contributed by atoms with Crippen LogP contribution in [-0.4, -0.2) is 12.7 Å². The van der Waals surface area contributed by atoms with E-state index in [1.54, 1.807) is 12.1 Å². The van der Waals surface area contributed by atoms with Gasteiger partial charge in [-0.1, -0.05) is 23.8 Å². The third kappa shape index (κ3) is 2.54. The third-order valence-corrected chi connectivity index (χ3v) is 3.67. The molecule has 0 bridgehead atoms. The number of carbonyl (C=O) groups excluding carboxylic acids is 1. The predicted octanol–water partition coefficient (Wildman–Crippen LogP) is 3.36. The molecule has 1 amide bonds. The molecule has 1 aliphatic heterocycles. The van der Waals surface area contributed by atoms with Crippen molar-refractivity contribution in [1.29, 1.82) is 0 Å². The van der Waals surface area contributed by atoms with Crippen LogP contribution in [-0.2, 0) is 4.79 Å². The minimum atomic E-state index is 0.00474. The average molecular weight is 280 g/mol. The van der Waals surface area contributed by atoms with Crippen LogP contribution in [0.25, 0.3) is 0 Å². The Morgan fingerprint density at radius 3 is 2.79 bits per heavy atom. The van der Waals surface area contributed by atoms with Crippen molar-refractivity contribution < 1.29 is 14.3 Å². The van der Waals surface area contributed by atoms with Crippen molar-refractivity contribution >= 4 is 23.2 Å². The van der Waals surface area contributed by atoms with Crippen LogP contribution in [0.2, 0.25) is 5.02 Å². The Bertz CT molecular complexity index is 542. The molecule has 100 valence electrons. The van der Waals surface area contributed by atoms with Gasteiger partial charge in [0.05, 0.1) is 10.7 Å². The van der Waals surface area contributed by atoms with Crippen molar-refractivity contribution in [2.45, 2.75) is 19.3 Å². The molecule has 1 aromatic rings. The topological polar surface area (TPSA) is 47.6 Å². The number of halogens is 1. The number of ether oxygens (including phenoxy) is 2. The van der Waals surface area contributed by atoms with Gasteiger partial charge in [-0.05, 0) is 19.3 Å². The monoisotopic (exact) mass is 279 g/mol. The minimum absolute atomic E-state index is 0.00474. The molecule has 1 heterocycles. The first-order valence-electron chi connectivity index (χ1n) is 6.29. The number of rotatable bonds is 2. The van der Waals surface area contributed by atoms with Gasteiger partial charge in [0.2, 0.25) is 12.7 Å². The van der Waals surface area contributed by atoms with E-state index in [1.165, 1.54) is 0 Å². The van der Waals surface area contributed by atoms with E-state index in [-0.39, 0.29) is 18.6 Å². The lowest BCUT2D eigenvalue weighted by atomic mass is 9.93. The molecule has 1 aromatic carbocycles. The second kappa shape index (κ2) is 5.13. The number of allylic oxidation sites excluding steroid dienone is 2. The summed E-state index contributed by atoms with van der Waals surface area (Å²) in [5.41, 5.74) is 0.575. The molecule has 3 rings (SSSR count). The normalized spacial score (nSPS) is 20.4. The van der Waals surface area contributed by atoms with Gasteiger partial charge in [-0.25, -0.2) is 0 Å². The van der Waals surface area contributed by atoms with Crippen LogP contribution < -0.4 is 14.8 Å². The molecule has 0 fully saturated rings. The van der Waals surface area contributed by atoms with Gasteiger partial charge in [-0.15, -0.1) is 0 Å². The molecular formula is C14H14ClNO3. The number of amides is 1. The van der Waals surface area contributed by atoms with Gasteiger partial charge in [-0.3, -0.25) is 4.79 Å². The van der Waals surface area contributed by atoms with Crippen LogP contribution in [0.4, 0.5) is 5.69 Å². The van der Waals surface area contributed by atoms with Crippen LogP contribution >= 0.6 is 11.6 Å². The Morgan fingerprint density at radius 1 is 1.26 bits per heavy atom. The highest BCUT2D eigenvalue weighted by molar-refractivity contribution is 6.34. The molecule has 2 aliphatic rings. The summed E-state index contributed by atoms with van der Waals surface area (Å²) in [6.07, 6.45) is 6.78. The van der Waals surface area contributed by atoms with Crippen LogP contribution in [0.3, 0.4) is 0 Å². The predicted molar refractivity (Wildman–Crippen MR) is 72.7 cm³/mol. The largest absolute Gasteiger partial charge is 0.454 e. The summed E-state index contributed by atoms with van der Waals surface area (Å²) in [6.45, 7) is 0.191. The van der Waals surface area contributed by atoms with Crippen LogP contribution in [0.5, 0.6) is 11.5 Å². The molecule has 0 saturated carbocycles. The summed E-state index contributed by atoms with van der Waals surface area (Å²) < 4.78 is 10.5. The van der Waals surface area contributed by atoms with Crippen molar-refractivity contribution in [2.75, 3.05) is 12.1 Å². The maximum atomic E-state index is 12.1. The first-order valence-corrected chi connectivity index (χ1v) is 6.67. The van der Waals surface area contributed by atoms with Crippen LogP contribution in [0, 0.1) is 5.92 Å². The lowest BCUT2D eigenvalue weighted by Crippen LogP contribution is -2.23. The summed E-state index contributed by atoms with van der Waals surface area (Å²) in [4.78, 5) is 12.1. The Labute approximate surface area is 116 Å². The molecule has 1 atom stereocenters. The summed E-state index contributed by atoms with van der Waals surface area (Å²) in [5, 5.41) is 3.33. The van der Waals surface area contributed by atoms with Gasteiger partial charge < -0.3 is 14.8 Å². The maximum Gasteiger partial charge on any atom is 0.231 e. The SMILES string of the molecule is O=C(Nc1cc2c(cc1Cl)OCO2)C1CC=CCC1. The molecule has 1 unspecified atom stereocenters. The Hall–Kier alpha value is -1.68. The van der Waals surface area contributed by atoms with Gasteiger partial charge in [0, 0.05) is 18.1 Å². The number of carbonyl (C=O) groups is 1. The van der Waals surface area contributed by atoms with Gasteiger partial charge in [0.1, 0.15) is 0 Å². The zero-order valence-electron chi connectivity index (χ0n) is 10.3. The molecule has 0 saturated heterocycles. The first-order chi connectivity index (χ1) is 9.24. The van der Waals surface area contributed by atoms with E-state index >= 15 is 0 Å². The summed E-state index contributed by atoms with van der Waals surface area (Å²) >= 11 is 6.13. The third-order valence-electron chi connectivity index (χ3n) is 3.36. The van der Waals surface area contributed by atoms with Crippen LogP contribution in [0.1, 0.15) is 19.3 Å². The smallest absolute Gasteiger partial charge is 0.231 e. The quantitative estimate of drug-likeness (QED) is 0.845. The Morgan fingerprint density at radius 2 is 2.05 bits per heavy atom. The van der Waals surface area contributed by atoms with E-state index in [0.29, 0.717) is 22.2 Å². The fraction of sp³-hybridized carbons (Fsp3) is 0.357. The zero-order chi connectivity index (χ0) is 13.2. The van der Waals surface area contributed by atoms with Gasteiger partial charge in [-0.2, -0.15) is 0 Å². The second-order valence-corrected chi connectivity index (χ2v) is 5.06. The highest BCUT2D eigenvalue weighted by Gasteiger charge is 2.22. The minimum Gasteiger partial charge on any atom is -0.454 e. The molecule has 0 spiro atoms. The van der Waals surface area contributed by atoms with E-state index in [1.807, 2.05) is 0 Å². The summed E-state index contributed by atoms with van der Waals surface area (Å²) in [6, 6.07) is 3.38. The number of anilines is 1. The number of fused-ring (bicyclic) bond motifs is 1. The number of benzene rings is 1. The lowest BCUT2D eigenvalue weighted by molar-refractivity contribution is -0.120. The second-order valence-electron chi connectivity index (χ2n) is 4.66. The van der Waals surface area contributed by atoms with Gasteiger partial charge in [0.25, 0.3) is 0 Å². The van der Waals surface area contributed by atoms with Gasteiger partial charge in [0.15, 0.2) is 11.5 Å². The molecule has 0 aromatic heterocycles. The van der Waals surface area contributed by atoms with Crippen molar-refractivity contribution in [3.05, 3.63) is 29.3 Å². The highest BCUT2D eigenvalue weighted by Crippen LogP contribution is 2.39. The lowest BCUT2D eigenvalue weighted by Gasteiger charge is -2.17. The molecule has 0 radical (unpaired) electrons. The van der Waals surface area contributed by atoms with E-state index < -0.39 is 0 Å². The summed E-state index contributed by atoms with van der Waals surface area (Å²) in [5.74, 6) is 1.25. The molecular weight excluding hydrogens is 266 g/mol.